The fourth-order valence-corrected chi connectivity index (χ4v) is 4.13. The number of fused-ring (bicyclic) bond motifs is 1. The van der Waals surface area contributed by atoms with E-state index in [2.05, 4.69) is 53.2 Å². The van der Waals surface area contributed by atoms with Crippen LogP contribution in [0.5, 0.6) is 11.5 Å². The maximum atomic E-state index is 9.87. The van der Waals surface area contributed by atoms with Crippen molar-refractivity contribution >= 4 is 38.4 Å². The van der Waals surface area contributed by atoms with E-state index in [-0.39, 0.29) is 0 Å². The summed E-state index contributed by atoms with van der Waals surface area (Å²) < 4.78 is 12.8. The van der Waals surface area contributed by atoms with E-state index in [1.54, 1.807) is 0 Å². The first kappa shape index (κ1) is 22.6. The van der Waals surface area contributed by atoms with Crippen molar-refractivity contribution in [3.05, 3.63) is 106 Å². The Kier molecular flexibility index (Phi) is 7.12. The van der Waals surface area contributed by atoms with E-state index in [1.807, 2.05) is 67.6 Å². The smallest absolute Gasteiger partial charge is 0.162 e. The Balaban J connectivity index is 1.66. The summed E-state index contributed by atoms with van der Waals surface area (Å²) >= 11 is 3.65. The normalized spacial score (nSPS) is 11.3. The molecule has 0 aliphatic carbocycles. The molecule has 33 heavy (non-hydrogen) atoms. The van der Waals surface area contributed by atoms with E-state index < -0.39 is 0 Å². The Morgan fingerprint density at radius 2 is 1.70 bits per heavy atom. The molecule has 0 heterocycles. The number of nitriles is 1. The summed E-state index contributed by atoms with van der Waals surface area (Å²) in [6.45, 7) is 4.97. The van der Waals surface area contributed by atoms with Crippen LogP contribution in [-0.2, 0) is 6.61 Å². The molecule has 4 aromatic rings. The number of hydrogen-bond acceptors (Lipinski definition) is 3. The van der Waals surface area contributed by atoms with Gasteiger partial charge in [0.2, 0.25) is 0 Å². The first-order valence-corrected chi connectivity index (χ1v) is 11.6. The zero-order chi connectivity index (χ0) is 23.2. The van der Waals surface area contributed by atoms with Gasteiger partial charge in [0.1, 0.15) is 6.61 Å². The average molecular weight is 498 g/mol. The van der Waals surface area contributed by atoms with Crippen molar-refractivity contribution in [2.45, 2.75) is 20.5 Å². The van der Waals surface area contributed by atoms with Gasteiger partial charge in [-0.05, 0) is 65.6 Å². The fourth-order valence-electron chi connectivity index (χ4n) is 3.70. The maximum absolute atomic E-state index is 9.87. The lowest BCUT2D eigenvalue weighted by Gasteiger charge is -2.14. The van der Waals surface area contributed by atoms with Crippen LogP contribution in [0.3, 0.4) is 0 Å². The zero-order valence-electron chi connectivity index (χ0n) is 18.6. The van der Waals surface area contributed by atoms with Gasteiger partial charge in [-0.1, -0.05) is 82.2 Å². The molecule has 0 aromatic heterocycles. The van der Waals surface area contributed by atoms with Crippen molar-refractivity contribution < 1.29 is 9.47 Å². The van der Waals surface area contributed by atoms with E-state index in [1.165, 1.54) is 5.56 Å². The van der Waals surface area contributed by atoms with Gasteiger partial charge in [0.15, 0.2) is 11.5 Å². The molecular weight excluding hydrogens is 474 g/mol. The third kappa shape index (κ3) is 5.45. The molecule has 0 spiro atoms. The van der Waals surface area contributed by atoms with Crippen LogP contribution < -0.4 is 9.47 Å². The van der Waals surface area contributed by atoms with Gasteiger partial charge < -0.3 is 9.47 Å². The highest BCUT2D eigenvalue weighted by atomic mass is 79.9. The Morgan fingerprint density at radius 1 is 0.909 bits per heavy atom. The lowest BCUT2D eigenvalue weighted by atomic mass is 10.00. The summed E-state index contributed by atoms with van der Waals surface area (Å²) in [6.07, 6.45) is 1.88. The van der Waals surface area contributed by atoms with E-state index >= 15 is 0 Å². The second-order valence-corrected chi connectivity index (χ2v) is 8.62. The van der Waals surface area contributed by atoms with Crippen molar-refractivity contribution in [3.8, 4) is 17.6 Å². The molecule has 0 saturated carbocycles. The molecule has 0 N–H and O–H groups in total. The lowest BCUT2D eigenvalue weighted by Crippen LogP contribution is -2.00. The van der Waals surface area contributed by atoms with Gasteiger partial charge in [0.25, 0.3) is 0 Å². The number of aryl methyl sites for hydroxylation is 1. The fraction of sp³-hybridized carbons (Fsp3) is 0.138. The number of benzene rings is 4. The summed E-state index contributed by atoms with van der Waals surface area (Å²) in [5.74, 6) is 1.31. The minimum atomic E-state index is 0.448. The number of ether oxygens (including phenoxy) is 2. The van der Waals surface area contributed by atoms with Gasteiger partial charge in [-0.25, -0.2) is 0 Å². The minimum absolute atomic E-state index is 0.448. The summed E-state index contributed by atoms with van der Waals surface area (Å²) in [6, 6.07) is 28.6. The van der Waals surface area contributed by atoms with Crippen LogP contribution in [0.25, 0.3) is 22.4 Å². The molecule has 3 nitrogen and oxygen atoms in total. The summed E-state index contributed by atoms with van der Waals surface area (Å²) in [5.41, 5.74) is 4.60. The maximum Gasteiger partial charge on any atom is 0.162 e. The van der Waals surface area contributed by atoms with Gasteiger partial charge in [0, 0.05) is 4.47 Å². The third-order valence-electron chi connectivity index (χ3n) is 5.32. The molecule has 164 valence electrons. The molecule has 4 rings (SSSR count). The summed E-state index contributed by atoms with van der Waals surface area (Å²) in [5, 5.41) is 12.1. The lowest BCUT2D eigenvalue weighted by molar-refractivity contribution is 0.269. The van der Waals surface area contributed by atoms with Crippen molar-refractivity contribution in [2.24, 2.45) is 0 Å². The first-order chi connectivity index (χ1) is 16.1. The van der Waals surface area contributed by atoms with Crippen LogP contribution in [0.15, 0.2) is 83.3 Å². The third-order valence-corrected chi connectivity index (χ3v) is 6.01. The predicted octanol–water partition coefficient (Wildman–Crippen LogP) is 7.95. The molecule has 0 fully saturated rings. The Hall–Kier alpha value is -3.55. The molecule has 0 amide bonds. The Labute approximate surface area is 203 Å². The second kappa shape index (κ2) is 10.4. The zero-order valence-corrected chi connectivity index (χ0v) is 20.2. The molecular formula is C29H24BrNO2. The SMILES string of the molecule is CCOc1cc(/C=C(/C#N)c2ccc3ccccc3c2)c(Br)cc1OCc1cccc(C)c1. The Bertz CT molecular complexity index is 1370. The van der Waals surface area contributed by atoms with Gasteiger partial charge in [-0.15, -0.1) is 0 Å². The highest BCUT2D eigenvalue weighted by Gasteiger charge is 2.12. The molecule has 0 aliphatic heterocycles. The van der Waals surface area contributed by atoms with Crippen molar-refractivity contribution in [3.63, 3.8) is 0 Å². The molecule has 0 aliphatic rings. The molecule has 4 aromatic carbocycles. The molecule has 0 radical (unpaired) electrons. The molecule has 4 heteroatoms. The summed E-state index contributed by atoms with van der Waals surface area (Å²) in [7, 11) is 0. The van der Waals surface area contributed by atoms with Gasteiger partial charge in [-0.3, -0.25) is 0 Å². The van der Waals surface area contributed by atoms with Crippen LogP contribution in [0.4, 0.5) is 0 Å². The standard InChI is InChI=1S/C29H24BrNO2/c1-3-32-28-16-25(27(30)17-29(28)33-19-21-8-6-7-20(2)13-21)15-26(18-31)24-12-11-22-9-4-5-10-23(22)14-24/h4-17H,3,19H2,1-2H3/b26-15-. The van der Waals surface area contributed by atoms with Crippen LogP contribution in [0, 0.1) is 18.3 Å². The molecule has 0 bridgehead atoms. The van der Waals surface area contributed by atoms with E-state index in [4.69, 9.17) is 9.47 Å². The van der Waals surface area contributed by atoms with Gasteiger partial charge in [-0.2, -0.15) is 5.26 Å². The molecule has 0 saturated heterocycles. The topological polar surface area (TPSA) is 42.2 Å². The quantitative estimate of drug-likeness (QED) is 0.192. The number of allylic oxidation sites excluding steroid dienone is 1. The second-order valence-electron chi connectivity index (χ2n) is 7.76. The predicted molar refractivity (Wildman–Crippen MR) is 138 cm³/mol. The largest absolute Gasteiger partial charge is 0.490 e. The monoisotopic (exact) mass is 497 g/mol. The van der Waals surface area contributed by atoms with E-state index in [9.17, 15) is 5.26 Å². The first-order valence-electron chi connectivity index (χ1n) is 10.8. The number of halogens is 1. The highest BCUT2D eigenvalue weighted by molar-refractivity contribution is 9.10. The highest BCUT2D eigenvalue weighted by Crippen LogP contribution is 2.36. The van der Waals surface area contributed by atoms with E-state index in [0.29, 0.717) is 30.3 Å². The number of nitrogens with zero attached hydrogens (tertiary/aromatic N) is 1. The number of hydrogen-bond donors (Lipinski definition) is 0. The van der Waals surface area contributed by atoms with E-state index in [0.717, 1.165) is 31.9 Å². The van der Waals surface area contributed by atoms with Crippen LogP contribution in [-0.4, -0.2) is 6.61 Å². The van der Waals surface area contributed by atoms with Gasteiger partial charge in [0.05, 0.1) is 18.2 Å². The van der Waals surface area contributed by atoms with Gasteiger partial charge >= 0.3 is 0 Å². The summed E-state index contributed by atoms with van der Waals surface area (Å²) in [4.78, 5) is 0. The molecule has 0 atom stereocenters. The molecule has 0 unspecified atom stereocenters. The van der Waals surface area contributed by atoms with Crippen LogP contribution in [0.2, 0.25) is 0 Å². The van der Waals surface area contributed by atoms with Crippen molar-refractivity contribution in [1.82, 2.24) is 0 Å². The van der Waals surface area contributed by atoms with Crippen molar-refractivity contribution in [2.75, 3.05) is 6.61 Å². The van der Waals surface area contributed by atoms with Crippen LogP contribution in [0.1, 0.15) is 29.2 Å². The number of rotatable bonds is 7. The average Bonchev–Trinajstić information content (AvgIpc) is 2.83. The van der Waals surface area contributed by atoms with Crippen LogP contribution >= 0.6 is 15.9 Å². The minimum Gasteiger partial charge on any atom is -0.490 e. The van der Waals surface area contributed by atoms with Crippen molar-refractivity contribution in [1.29, 1.82) is 5.26 Å². The Morgan fingerprint density at radius 3 is 2.45 bits per heavy atom.